The van der Waals surface area contributed by atoms with Gasteiger partial charge in [-0.1, -0.05) is 26.7 Å². The maximum atomic E-state index is 5.56. The number of aliphatic imine (C=N–C) groups is 1. The second kappa shape index (κ2) is 12.7. The smallest absolute Gasteiger partial charge is 0.191 e. The van der Waals surface area contributed by atoms with E-state index < -0.39 is 0 Å². The van der Waals surface area contributed by atoms with Crippen molar-refractivity contribution in [2.45, 2.75) is 65.1 Å². The summed E-state index contributed by atoms with van der Waals surface area (Å²) in [5.74, 6) is 3.62. The van der Waals surface area contributed by atoms with Crippen LogP contribution in [0.25, 0.3) is 0 Å². The van der Waals surface area contributed by atoms with Crippen molar-refractivity contribution < 1.29 is 4.74 Å². The largest absolute Gasteiger partial charge is 0.379 e. The van der Waals surface area contributed by atoms with E-state index in [1.165, 1.54) is 25.7 Å². The Hall–Kier alpha value is -0.940. The molecule has 2 aliphatic rings. The van der Waals surface area contributed by atoms with E-state index in [1.807, 2.05) is 7.05 Å². The van der Waals surface area contributed by atoms with Crippen molar-refractivity contribution in [3.05, 3.63) is 11.6 Å². The molecule has 0 spiro atoms. The molecule has 1 fully saturated rings. The average Bonchev–Trinajstić information content (AvgIpc) is 3.17. The van der Waals surface area contributed by atoms with Gasteiger partial charge >= 0.3 is 0 Å². The molecule has 166 valence electrons. The molecule has 0 aliphatic carbocycles. The van der Waals surface area contributed by atoms with E-state index in [2.05, 4.69) is 49.1 Å². The summed E-state index contributed by atoms with van der Waals surface area (Å²) in [7, 11) is 1.83. The maximum Gasteiger partial charge on any atom is 0.191 e. The molecular weight excluding hydrogens is 481 g/mol. The Bertz CT molecular complexity index is 626. The van der Waals surface area contributed by atoms with Crippen molar-refractivity contribution in [2.75, 3.05) is 39.9 Å². The molecule has 2 N–H and O–H groups in total. The highest BCUT2D eigenvalue weighted by atomic mass is 127. The lowest BCUT2D eigenvalue weighted by molar-refractivity contribution is 0.00272. The number of aromatic nitrogens is 3. The summed E-state index contributed by atoms with van der Waals surface area (Å²) in [5.41, 5.74) is 0. The second-order valence-electron chi connectivity index (χ2n) is 7.74. The Kier molecular flexibility index (Phi) is 10.6. The summed E-state index contributed by atoms with van der Waals surface area (Å²) < 4.78 is 7.81. The number of ether oxygens (including phenoxy) is 1. The molecular formula is C20H38IN7O. The quantitative estimate of drug-likeness (QED) is 0.311. The molecule has 0 bridgehead atoms. The lowest BCUT2D eigenvalue weighted by Gasteiger charge is -2.39. The van der Waals surface area contributed by atoms with Crippen LogP contribution in [0.1, 0.15) is 51.2 Å². The van der Waals surface area contributed by atoms with E-state index >= 15 is 0 Å². The summed E-state index contributed by atoms with van der Waals surface area (Å²) in [6.07, 6.45) is 5.85. The first kappa shape index (κ1) is 24.3. The van der Waals surface area contributed by atoms with Crippen LogP contribution >= 0.6 is 24.0 Å². The van der Waals surface area contributed by atoms with Gasteiger partial charge in [0.05, 0.1) is 19.8 Å². The highest BCUT2D eigenvalue weighted by molar-refractivity contribution is 14.0. The zero-order chi connectivity index (χ0) is 19.8. The molecule has 3 rings (SSSR count). The number of halogens is 1. The van der Waals surface area contributed by atoms with Crippen molar-refractivity contribution >= 4 is 29.9 Å². The number of nitrogens with one attached hydrogen (secondary N) is 2. The Balaban J connectivity index is 0.00000300. The van der Waals surface area contributed by atoms with Gasteiger partial charge < -0.3 is 19.9 Å². The van der Waals surface area contributed by atoms with Gasteiger partial charge in [-0.25, -0.2) is 0 Å². The molecule has 0 radical (unpaired) electrons. The van der Waals surface area contributed by atoms with Crippen LogP contribution in [-0.4, -0.2) is 71.6 Å². The minimum absolute atomic E-state index is 0. The van der Waals surface area contributed by atoms with Crippen LogP contribution in [-0.2, 0) is 24.2 Å². The fraction of sp³-hybridized carbons (Fsp3) is 0.850. The fourth-order valence-corrected chi connectivity index (χ4v) is 4.42. The predicted molar refractivity (Wildman–Crippen MR) is 127 cm³/mol. The normalized spacial score (nSPS) is 18.8. The predicted octanol–water partition coefficient (Wildman–Crippen LogP) is 2.03. The first-order valence-electron chi connectivity index (χ1n) is 10.9. The van der Waals surface area contributed by atoms with Gasteiger partial charge in [-0.15, -0.1) is 34.2 Å². The van der Waals surface area contributed by atoms with Crippen molar-refractivity contribution in [3.63, 3.8) is 0 Å². The average molecular weight is 519 g/mol. The molecule has 8 nitrogen and oxygen atoms in total. The monoisotopic (exact) mass is 519 g/mol. The number of morpholine rings is 1. The van der Waals surface area contributed by atoms with E-state index in [4.69, 9.17) is 4.74 Å². The Labute approximate surface area is 192 Å². The van der Waals surface area contributed by atoms with Crippen LogP contribution in [0.15, 0.2) is 4.99 Å². The van der Waals surface area contributed by atoms with Gasteiger partial charge in [0.15, 0.2) is 11.8 Å². The second-order valence-corrected chi connectivity index (χ2v) is 7.74. The van der Waals surface area contributed by atoms with E-state index in [0.717, 1.165) is 63.4 Å². The van der Waals surface area contributed by atoms with Gasteiger partial charge in [0.1, 0.15) is 5.82 Å². The molecule has 0 saturated carbocycles. The van der Waals surface area contributed by atoms with Gasteiger partial charge in [0.2, 0.25) is 0 Å². The molecule has 1 atom stereocenters. The SMILES string of the molecule is CCC(CC)C(CNC(=NC)NCc1nnc2n1CCCC2)N1CCOCC1.I. The summed E-state index contributed by atoms with van der Waals surface area (Å²) in [6.45, 7) is 10.9. The minimum Gasteiger partial charge on any atom is -0.379 e. The number of aryl methyl sites for hydroxylation is 1. The van der Waals surface area contributed by atoms with Crippen LogP contribution < -0.4 is 10.6 Å². The van der Waals surface area contributed by atoms with Gasteiger partial charge in [0, 0.05) is 45.7 Å². The molecule has 1 unspecified atom stereocenters. The molecule has 9 heteroatoms. The Morgan fingerprint density at radius 2 is 1.86 bits per heavy atom. The Morgan fingerprint density at radius 1 is 1.10 bits per heavy atom. The first-order chi connectivity index (χ1) is 13.8. The molecule has 1 aromatic heterocycles. The van der Waals surface area contributed by atoms with Crippen molar-refractivity contribution in [1.82, 2.24) is 30.3 Å². The standard InChI is InChI=1S/C20H37N7O.HI/c1-4-16(5-2)17(26-10-12-28-13-11-26)14-22-20(21-3)23-15-19-25-24-18-8-6-7-9-27(18)19;/h16-17H,4-15H2,1-3H3,(H2,21,22,23);1H. The van der Waals surface area contributed by atoms with Gasteiger partial charge in [-0.2, -0.15) is 0 Å². The van der Waals surface area contributed by atoms with Crippen molar-refractivity contribution in [3.8, 4) is 0 Å². The highest BCUT2D eigenvalue weighted by Gasteiger charge is 2.27. The fourth-order valence-electron chi connectivity index (χ4n) is 4.42. The third kappa shape index (κ3) is 6.52. The van der Waals surface area contributed by atoms with Gasteiger partial charge in [0.25, 0.3) is 0 Å². The van der Waals surface area contributed by atoms with Crippen LogP contribution in [0.4, 0.5) is 0 Å². The molecule has 2 aliphatic heterocycles. The summed E-state index contributed by atoms with van der Waals surface area (Å²) in [6, 6.07) is 0.498. The number of rotatable bonds is 8. The Morgan fingerprint density at radius 3 is 2.55 bits per heavy atom. The van der Waals surface area contributed by atoms with E-state index in [-0.39, 0.29) is 24.0 Å². The van der Waals surface area contributed by atoms with Gasteiger partial charge in [-0.05, 0) is 18.8 Å². The van der Waals surface area contributed by atoms with Gasteiger partial charge in [-0.3, -0.25) is 9.89 Å². The zero-order valence-corrected chi connectivity index (χ0v) is 20.5. The lowest BCUT2D eigenvalue weighted by Crippen LogP contribution is -2.53. The summed E-state index contributed by atoms with van der Waals surface area (Å²) in [4.78, 5) is 7.00. The third-order valence-corrected chi connectivity index (χ3v) is 6.16. The minimum atomic E-state index is 0. The van der Waals surface area contributed by atoms with Crippen molar-refractivity contribution in [1.29, 1.82) is 0 Å². The number of nitrogens with zero attached hydrogens (tertiary/aromatic N) is 5. The topological polar surface area (TPSA) is 79.6 Å². The highest BCUT2D eigenvalue weighted by Crippen LogP contribution is 2.19. The van der Waals surface area contributed by atoms with Crippen LogP contribution in [0.3, 0.4) is 0 Å². The molecule has 29 heavy (non-hydrogen) atoms. The first-order valence-corrected chi connectivity index (χ1v) is 10.9. The summed E-state index contributed by atoms with van der Waals surface area (Å²) in [5, 5.41) is 15.7. The molecule has 1 aromatic rings. The molecule has 0 aromatic carbocycles. The van der Waals surface area contributed by atoms with Crippen LogP contribution in [0.2, 0.25) is 0 Å². The van der Waals surface area contributed by atoms with E-state index in [0.29, 0.717) is 18.5 Å². The van der Waals surface area contributed by atoms with E-state index in [9.17, 15) is 0 Å². The van der Waals surface area contributed by atoms with E-state index in [1.54, 1.807) is 0 Å². The molecule has 0 amide bonds. The number of hydrogen-bond donors (Lipinski definition) is 2. The van der Waals surface area contributed by atoms with Crippen LogP contribution in [0, 0.1) is 5.92 Å². The summed E-state index contributed by atoms with van der Waals surface area (Å²) >= 11 is 0. The molecule has 1 saturated heterocycles. The lowest BCUT2D eigenvalue weighted by atomic mass is 9.92. The number of hydrogen-bond acceptors (Lipinski definition) is 5. The number of guanidine groups is 1. The number of fused-ring (bicyclic) bond motifs is 1. The third-order valence-electron chi connectivity index (χ3n) is 6.16. The molecule has 3 heterocycles. The zero-order valence-electron chi connectivity index (χ0n) is 18.2. The van der Waals surface area contributed by atoms with Crippen molar-refractivity contribution in [2.24, 2.45) is 10.9 Å². The maximum absolute atomic E-state index is 5.56. The van der Waals surface area contributed by atoms with Crippen LogP contribution in [0.5, 0.6) is 0 Å².